The SMILES string of the molecule is CCn1c(SCC(=O)N(Cc2ccc(OC)cc2)C2CC2)nnc1-c1ccccc1C. The van der Waals surface area contributed by atoms with Crippen molar-refractivity contribution in [3.63, 3.8) is 0 Å². The van der Waals surface area contributed by atoms with E-state index in [1.165, 1.54) is 11.8 Å². The van der Waals surface area contributed by atoms with Crippen molar-refractivity contribution < 1.29 is 9.53 Å². The number of amides is 1. The van der Waals surface area contributed by atoms with E-state index in [1.54, 1.807) is 7.11 Å². The highest BCUT2D eigenvalue weighted by molar-refractivity contribution is 7.99. The zero-order valence-electron chi connectivity index (χ0n) is 18.2. The van der Waals surface area contributed by atoms with Crippen LogP contribution in [0.3, 0.4) is 0 Å². The monoisotopic (exact) mass is 436 g/mol. The summed E-state index contributed by atoms with van der Waals surface area (Å²) < 4.78 is 7.32. The zero-order valence-corrected chi connectivity index (χ0v) is 19.1. The van der Waals surface area contributed by atoms with Crippen LogP contribution in [0.25, 0.3) is 11.4 Å². The van der Waals surface area contributed by atoms with Gasteiger partial charge in [-0.15, -0.1) is 10.2 Å². The van der Waals surface area contributed by atoms with Gasteiger partial charge in [0.25, 0.3) is 0 Å². The first-order chi connectivity index (χ1) is 15.1. The molecule has 162 valence electrons. The molecule has 0 N–H and O–H groups in total. The smallest absolute Gasteiger partial charge is 0.233 e. The van der Waals surface area contributed by atoms with Crippen molar-refractivity contribution in [2.75, 3.05) is 12.9 Å². The van der Waals surface area contributed by atoms with Crippen molar-refractivity contribution in [3.05, 3.63) is 59.7 Å². The van der Waals surface area contributed by atoms with Crippen LogP contribution in [0, 0.1) is 6.92 Å². The van der Waals surface area contributed by atoms with Crippen molar-refractivity contribution in [2.24, 2.45) is 0 Å². The molecule has 4 rings (SSSR count). The van der Waals surface area contributed by atoms with E-state index in [-0.39, 0.29) is 5.91 Å². The number of aryl methyl sites for hydroxylation is 1. The molecule has 6 nitrogen and oxygen atoms in total. The number of carbonyl (C=O) groups excluding carboxylic acids is 1. The van der Waals surface area contributed by atoms with Crippen LogP contribution in [0.4, 0.5) is 0 Å². The van der Waals surface area contributed by atoms with E-state index in [9.17, 15) is 4.79 Å². The second-order valence-electron chi connectivity index (χ2n) is 7.75. The fourth-order valence-corrected chi connectivity index (χ4v) is 4.54. The molecule has 1 fully saturated rings. The Hall–Kier alpha value is -2.80. The second kappa shape index (κ2) is 9.56. The lowest BCUT2D eigenvalue weighted by Gasteiger charge is -2.22. The van der Waals surface area contributed by atoms with Crippen molar-refractivity contribution >= 4 is 17.7 Å². The van der Waals surface area contributed by atoms with E-state index in [1.807, 2.05) is 41.3 Å². The number of nitrogens with zero attached hydrogens (tertiary/aromatic N) is 4. The molecular weight excluding hydrogens is 408 g/mol. The molecule has 0 unspecified atom stereocenters. The van der Waals surface area contributed by atoms with Gasteiger partial charge in [0.15, 0.2) is 11.0 Å². The molecule has 0 spiro atoms. The highest BCUT2D eigenvalue weighted by Crippen LogP contribution is 2.31. The minimum absolute atomic E-state index is 0.145. The van der Waals surface area contributed by atoms with Crippen LogP contribution in [-0.2, 0) is 17.9 Å². The van der Waals surface area contributed by atoms with Crippen LogP contribution < -0.4 is 4.74 Å². The molecule has 0 saturated heterocycles. The molecular formula is C24H28N4O2S. The third-order valence-electron chi connectivity index (χ3n) is 5.56. The molecule has 0 atom stereocenters. The normalized spacial score (nSPS) is 13.3. The molecule has 2 aromatic carbocycles. The third-order valence-corrected chi connectivity index (χ3v) is 6.52. The van der Waals surface area contributed by atoms with Crippen LogP contribution in [0.2, 0.25) is 0 Å². The molecule has 31 heavy (non-hydrogen) atoms. The fraction of sp³-hybridized carbons (Fsp3) is 0.375. The van der Waals surface area contributed by atoms with Gasteiger partial charge in [-0.1, -0.05) is 48.2 Å². The highest BCUT2D eigenvalue weighted by Gasteiger charge is 2.32. The number of methoxy groups -OCH3 is 1. The van der Waals surface area contributed by atoms with Gasteiger partial charge >= 0.3 is 0 Å². The van der Waals surface area contributed by atoms with Crippen LogP contribution in [0.5, 0.6) is 5.75 Å². The number of rotatable bonds is 9. The standard InChI is InChI=1S/C24H28N4O2S/c1-4-27-23(21-8-6-5-7-17(21)2)25-26-24(27)31-16-22(29)28(19-11-12-19)15-18-9-13-20(30-3)14-10-18/h5-10,13-14,19H,4,11-12,15-16H2,1-3H3. The zero-order chi connectivity index (χ0) is 21.8. The molecule has 1 aliphatic rings. The Morgan fingerprint density at radius 3 is 2.55 bits per heavy atom. The van der Waals surface area contributed by atoms with Gasteiger partial charge in [-0.3, -0.25) is 4.79 Å². The minimum Gasteiger partial charge on any atom is -0.497 e. The van der Waals surface area contributed by atoms with Gasteiger partial charge in [0.1, 0.15) is 5.75 Å². The summed E-state index contributed by atoms with van der Waals surface area (Å²) in [5.74, 6) is 2.18. The summed E-state index contributed by atoms with van der Waals surface area (Å²) in [4.78, 5) is 15.1. The summed E-state index contributed by atoms with van der Waals surface area (Å²) in [6.07, 6.45) is 2.16. The molecule has 7 heteroatoms. The topological polar surface area (TPSA) is 60.2 Å². The Morgan fingerprint density at radius 1 is 1.16 bits per heavy atom. The Morgan fingerprint density at radius 2 is 1.90 bits per heavy atom. The molecule has 1 aromatic heterocycles. The summed E-state index contributed by atoms with van der Waals surface area (Å²) >= 11 is 1.47. The summed E-state index contributed by atoms with van der Waals surface area (Å²) in [6, 6.07) is 16.5. The first-order valence-electron chi connectivity index (χ1n) is 10.6. The number of aromatic nitrogens is 3. The number of carbonyl (C=O) groups is 1. The van der Waals surface area contributed by atoms with Crippen LogP contribution in [0.1, 0.15) is 30.9 Å². The lowest BCUT2D eigenvalue weighted by atomic mass is 10.1. The Bertz CT molecular complexity index is 1040. The lowest BCUT2D eigenvalue weighted by Crippen LogP contribution is -2.34. The average molecular weight is 437 g/mol. The maximum Gasteiger partial charge on any atom is 0.233 e. The maximum atomic E-state index is 13.1. The molecule has 0 radical (unpaired) electrons. The minimum atomic E-state index is 0.145. The van der Waals surface area contributed by atoms with Crippen molar-refractivity contribution in [2.45, 2.75) is 51.0 Å². The Labute approximate surface area is 187 Å². The fourth-order valence-electron chi connectivity index (χ4n) is 3.65. The largest absolute Gasteiger partial charge is 0.497 e. The predicted octanol–water partition coefficient (Wildman–Crippen LogP) is 4.57. The number of hydrogen-bond acceptors (Lipinski definition) is 5. The van der Waals surface area contributed by atoms with Gasteiger partial charge in [0.05, 0.1) is 12.9 Å². The van der Waals surface area contributed by atoms with Crippen LogP contribution in [0.15, 0.2) is 53.7 Å². The van der Waals surface area contributed by atoms with Gasteiger partial charge < -0.3 is 14.2 Å². The molecule has 0 bridgehead atoms. The first-order valence-corrected chi connectivity index (χ1v) is 11.6. The van der Waals surface area contributed by atoms with Gasteiger partial charge in [0, 0.05) is 24.7 Å². The predicted molar refractivity (Wildman–Crippen MR) is 123 cm³/mol. The number of hydrogen-bond donors (Lipinski definition) is 0. The van der Waals surface area contributed by atoms with Crippen LogP contribution in [-0.4, -0.2) is 44.5 Å². The quantitative estimate of drug-likeness (QED) is 0.460. The van der Waals surface area contributed by atoms with Crippen molar-refractivity contribution in [3.8, 4) is 17.1 Å². The summed E-state index contributed by atoms with van der Waals surface area (Å²) in [5, 5.41) is 9.60. The molecule has 0 aliphatic heterocycles. The maximum absolute atomic E-state index is 13.1. The summed E-state index contributed by atoms with van der Waals surface area (Å²) in [6.45, 7) is 5.54. The molecule has 1 saturated carbocycles. The lowest BCUT2D eigenvalue weighted by molar-refractivity contribution is -0.129. The third kappa shape index (κ3) is 4.93. The summed E-state index contributed by atoms with van der Waals surface area (Å²) in [7, 11) is 1.66. The number of thioether (sulfide) groups is 1. The van der Waals surface area contributed by atoms with E-state index >= 15 is 0 Å². The highest BCUT2D eigenvalue weighted by atomic mass is 32.2. The van der Waals surface area contributed by atoms with Gasteiger partial charge in [-0.25, -0.2) is 0 Å². The van der Waals surface area contributed by atoms with E-state index < -0.39 is 0 Å². The van der Waals surface area contributed by atoms with E-state index in [2.05, 4.69) is 40.7 Å². The van der Waals surface area contributed by atoms with Gasteiger partial charge in [-0.2, -0.15) is 0 Å². The molecule has 3 aromatic rings. The van der Waals surface area contributed by atoms with Crippen molar-refractivity contribution in [1.82, 2.24) is 19.7 Å². The number of benzene rings is 2. The first kappa shape index (κ1) is 21.4. The van der Waals surface area contributed by atoms with E-state index in [0.717, 1.165) is 52.8 Å². The van der Waals surface area contributed by atoms with E-state index in [4.69, 9.17) is 4.74 Å². The number of ether oxygens (including phenoxy) is 1. The Kier molecular flexibility index (Phi) is 6.61. The summed E-state index contributed by atoms with van der Waals surface area (Å²) in [5.41, 5.74) is 3.36. The van der Waals surface area contributed by atoms with E-state index in [0.29, 0.717) is 18.3 Å². The molecule has 1 aliphatic carbocycles. The average Bonchev–Trinajstić information content (AvgIpc) is 3.56. The van der Waals surface area contributed by atoms with Gasteiger partial charge in [0.2, 0.25) is 5.91 Å². The molecule has 1 heterocycles. The van der Waals surface area contributed by atoms with Crippen molar-refractivity contribution in [1.29, 1.82) is 0 Å². The van der Waals surface area contributed by atoms with Gasteiger partial charge in [-0.05, 0) is 49.9 Å². The second-order valence-corrected chi connectivity index (χ2v) is 8.70. The molecule has 1 amide bonds. The van der Waals surface area contributed by atoms with Crippen LogP contribution >= 0.6 is 11.8 Å². The Balaban J connectivity index is 1.45.